The van der Waals surface area contributed by atoms with Crippen LogP contribution >= 0.6 is 0 Å². The zero-order chi connectivity index (χ0) is 26.6. The standard InChI is InChI=1S/C38H32N2/c1-25-31-13-5-7-15-33(31)37(34-16-8-6-14-32(25)34)28-21-19-27-24-29(22-20-26(27)23-28)38-39-35-17-9-10-18-36(35)40(38)30-11-3-2-4-12-30/h2-8,10-16,18-19,21-24,26,38-39H,9,17,20H2,1H3. The van der Waals surface area contributed by atoms with Gasteiger partial charge in [0.2, 0.25) is 0 Å². The quantitative estimate of drug-likeness (QED) is 0.273. The average Bonchev–Trinajstić information content (AvgIpc) is 3.41. The highest BCUT2D eigenvalue weighted by atomic mass is 15.3. The maximum Gasteiger partial charge on any atom is 0.130 e. The van der Waals surface area contributed by atoms with Crippen LogP contribution in [0.15, 0.2) is 144 Å². The molecule has 1 N–H and O–H groups in total. The molecule has 0 amide bonds. The maximum absolute atomic E-state index is 3.89. The van der Waals surface area contributed by atoms with Crippen molar-refractivity contribution >= 4 is 32.8 Å². The number of aryl methyl sites for hydroxylation is 1. The number of hydrogen-bond acceptors (Lipinski definition) is 2. The Hall–Kier alpha value is -4.56. The molecule has 0 fully saturated rings. The van der Waals surface area contributed by atoms with Gasteiger partial charge in [0.05, 0.1) is 5.70 Å². The Kier molecular flexibility index (Phi) is 5.41. The van der Waals surface area contributed by atoms with Crippen molar-refractivity contribution in [1.82, 2.24) is 5.32 Å². The van der Waals surface area contributed by atoms with E-state index in [1.54, 1.807) is 0 Å². The summed E-state index contributed by atoms with van der Waals surface area (Å²) in [5.74, 6) is 0.386. The molecule has 0 aromatic heterocycles. The monoisotopic (exact) mass is 516 g/mol. The third-order valence-corrected chi connectivity index (χ3v) is 9.02. The first-order valence-electron chi connectivity index (χ1n) is 14.5. The fourth-order valence-electron chi connectivity index (χ4n) is 7.07. The predicted octanol–water partition coefficient (Wildman–Crippen LogP) is 9.12. The summed E-state index contributed by atoms with van der Waals surface area (Å²) in [6.45, 7) is 2.26. The highest BCUT2D eigenvalue weighted by Crippen LogP contribution is 2.43. The average molecular weight is 517 g/mol. The minimum atomic E-state index is 0.118. The van der Waals surface area contributed by atoms with E-state index in [9.17, 15) is 0 Å². The summed E-state index contributed by atoms with van der Waals surface area (Å²) in [7, 11) is 0. The number of fused-ring (bicyclic) bond motifs is 3. The van der Waals surface area contributed by atoms with Gasteiger partial charge in [-0.25, -0.2) is 0 Å². The summed E-state index contributed by atoms with van der Waals surface area (Å²) in [6.07, 6.45) is 20.0. The fourth-order valence-corrected chi connectivity index (χ4v) is 7.07. The van der Waals surface area contributed by atoms with Crippen LogP contribution in [0.25, 0.3) is 27.1 Å². The third kappa shape index (κ3) is 3.63. The largest absolute Gasteiger partial charge is 0.363 e. The number of nitrogens with zero attached hydrogens (tertiary/aromatic N) is 1. The van der Waals surface area contributed by atoms with E-state index in [1.165, 1.54) is 66.5 Å². The zero-order valence-electron chi connectivity index (χ0n) is 22.8. The van der Waals surface area contributed by atoms with Gasteiger partial charge in [0.1, 0.15) is 6.17 Å². The van der Waals surface area contributed by atoms with Crippen molar-refractivity contribution in [3.8, 4) is 0 Å². The highest BCUT2D eigenvalue weighted by Gasteiger charge is 2.35. The fraction of sp³-hybridized carbons (Fsp3) is 0.158. The van der Waals surface area contributed by atoms with Gasteiger partial charge in [-0.3, -0.25) is 0 Å². The lowest BCUT2D eigenvalue weighted by Gasteiger charge is -2.32. The van der Waals surface area contributed by atoms with Gasteiger partial charge in [0.25, 0.3) is 0 Å². The SMILES string of the molecule is Cc1c2ccccc2c(C2=CC3CC=C(C4NC5=C(C=CCC5)N4c4ccccc4)C=C3C=C2)c2ccccc12. The number of nitrogens with one attached hydrogen (secondary N) is 1. The Bertz CT molecular complexity index is 1810. The first-order valence-corrected chi connectivity index (χ1v) is 14.5. The first-order chi connectivity index (χ1) is 19.8. The summed E-state index contributed by atoms with van der Waals surface area (Å²) in [5.41, 5.74) is 10.7. The van der Waals surface area contributed by atoms with Gasteiger partial charge in [-0.2, -0.15) is 0 Å². The van der Waals surface area contributed by atoms with Crippen LogP contribution in [0, 0.1) is 12.8 Å². The Morgan fingerprint density at radius 3 is 2.20 bits per heavy atom. The Morgan fingerprint density at radius 2 is 1.45 bits per heavy atom. The molecule has 4 aromatic carbocycles. The summed E-state index contributed by atoms with van der Waals surface area (Å²) in [6, 6.07) is 28.6. The molecule has 40 heavy (non-hydrogen) atoms. The number of para-hydroxylation sites is 1. The summed E-state index contributed by atoms with van der Waals surface area (Å²) >= 11 is 0. The number of benzene rings is 4. The maximum atomic E-state index is 3.89. The number of anilines is 1. The topological polar surface area (TPSA) is 15.3 Å². The van der Waals surface area contributed by atoms with Crippen molar-refractivity contribution in [2.24, 2.45) is 5.92 Å². The molecular weight excluding hydrogens is 484 g/mol. The van der Waals surface area contributed by atoms with Crippen molar-refractivity contribution in [1.29, 1.82) is 0 Å². The minimum Gasteiger partial charge on any atom is -0.363 e. The molecule has 0 bridgehead atoms. The van der Waals surface area contributed by atoms with Crippen molar-refractivity contribution in [3.05, 3.63) is 155 Å². The van der Waals surface area contributed by atoms with E-state index in [0.717, 1.165) is 19.3 Å². The Labute approximate surface area is 236 Å². The van der Waals surface area contributed by atoms with Gasteiger partial charge in [0.15, 0.2) is 0 Å². The van der Waals surface area contributed by atoms with Crippen LogP contribution < -0.4 is 10.2 Å². The minimum absolute atomic E-state index is 0.118. The van der Waals surface area contributed by atoms with Crippen molar-refractivity contribution < 1.29 is 0 Å². The van der Waals surface area contributed by atoms with Crippen LogP contribution in [0.1, 0.15) is 30.4 Å². The van der Waals surface area contributed by atoms with Gasteiger partial charge in [-0.15, -0.1) is 0 Å². The molecule has 2 atom stereocenters. The molecule has 8 rings (SSSR count). The molecule has 0 spiro atoms. The molecule has 1 heterocycles. The molecule has 2 nitrogen and oxygen atoms in total. The van der Waals surface area contributed by atoms with Crippen molar-refractivity contribution in [3.63, 3.8) is 0 Å². The van der Waals surface area contributed by atoms with E-state index < -0.39 is 0 Å². The summed E-state index contributed by atoms with van der Waals surface area (Å²) < 4.78 is 0. The second kappa shape index (κ2) is 9.27. The molecule has 2 heteroatoms. The third-order valence-electron chi connectivity index (χ3n) is 9.02. The van der Waals surface area contributed by atoms with E-state index in [-0.39, 0.29) is 6.17 Å². The van der Waals surface area contributed by atoms with Crippen molar-refractivity contribution in [2.75, 3.05) is 4.90 Å². The van der Waals surface area contributed by atoms with Gasteiger partial charge < -0.3 is 10.2 Å². The smallest absolute Gasteiger partial charge is 0.130 e. The summed E-state index contributed by atoms with van der Waals surface area (Å²) in [4.78, 5) is 2.48. The molecule has 3 aliphatic carbocycles. The molecule has 194 valence electrons. The molecule has 4 aromatic rings. The van der Waals surface area contributed by atoms with E-state index in [1.807, 2.05) is 0 Å². The van der Waals surface area contributed by atoms with Gasteiger partial charge in [0, 0.05) is 17.3 Å². The van der Waals surface area contributed by atoms with Crippen LogP contribution in [0.2, 0.25) is 0 Å². The molecule has 0 saturated heterocycles. The van der Waals surface area contributed by atoms with Crippen LogP contribution in [0.4, 0.5) is 5.69 Å². The lowest BCUT2D eigenvalue weighted by molar-refractivity contribution is 0.663. The van der Waals surface area contributed by atoms with E-state index in [4.69, 9.17) is 0 Å². The molecule has 1 aliphatic heterocycles. The number of hydrogen-bond donors (Lipinski definition) is 1. The van der Waals surface area contributed by atoms with Gasteiger partial charge >= 0.3 is 0 Å². The predicted molar refractivity (Wildman–Crippen MR) is 169 cm³/mol. The molecule has 2 unspecified atom stereocenters. The molecule has 4 aliphatic rings. The lowest BCUT2D eigenvalue weighted by Crippen LogP contribution is -2.39. The molecule has 0 radical (unpaired) electrons. The summed E-state index contributed by atoms with van der Waals surface area (Å²) in [5, 5.41) is 9.26. The normalized spacial score (nSPS) is 21.6. The Balaban J connectivity index is 1.17. The van der Waals surface area contributed by atoms with Crippen molar-refractivity contribution in [2.45, 2.75) is 32.4 Å². The van der Waals surface area contributed by atoms with E-state index in [0.29, 0.717) is 5.92 Å². The zero-order valence-corrected chi connectivity index (χ0v) is 22.8. The molecular formula is C38H32N2. The van der Waals surface area contributed by atoms with Gasteiger partial charge in [-0.1, -0.05) is 103 Å². The number of allylic oxidation sites excluding steroid dienone is 9. The molecule has 0 saturated carbocycles. The highest BCUT2D eigenvalue weighted by molar-refractivity contribution is 6.12. The second-order valence-electron chi connectivity index (χ2n) is 11.3. The van der Waals surface area contributed by atoms with Crippen LogP contribution in [-0.4, -0.2) is 6.17 Å². The van der Waals surface area contributed by atoms with E-state index >= 15 is 0 Å². The van der Waals surface area contributed by atoms with Crippen LogP contribution in [-0.2, 0) is 0 Å². The lowest BCUT2D eigenvalue weighted by atomic mass is 9.79. The van der Waals surface area contributed by atoms with Crippen LogP contribution in [0.5, 0.6) is 0 Å². The van der Waals surface area contributed by atoms with Gasteiger partial charge in [-0.05, 0) is 93.8 Å². The Morgan fingerprint density at radius 1 is 0.750 bits per heavy atom. The van der Waals surface area contributed by atoms with E-state index in [2.05, 4.69) is 139 Å². The van der Waals surface area contributed by atoms with Crippen LogP contribution in [0.3, 0.4) is 0 Å². The number of rotatable bonds is 3. The second-order valence-corrected chi connectivity index (χ2v) is 11.3. The first kappa shape index (κ1) is 23.3.